The molecule has 0 radical (unpaired) electrons. The molecule has 0 amide bonds. The fourth-order valence-corrected chi connectivity index (χ4v) is 2.09. The van der Waals surface area contributed by atoms with Crippen LogP contribution >= 0.6 is 34.2 Å². The van der Waals surface area contributed by atoms with Crippen molar-refractivity contribution < 1.29 is 0 Å². The SMILES string of the molecule is Cc1ccnn1Cc1cc(Cl)ccc1I. The predicted molar refractivity (Wildman–Crippen MR) is 70.2 cm³/mol. The summed E-state index contributed by atoms with van der Waals surface area (Å²) in [7, 11) is 0. The van der Waals surface area contributed by atoms with Crippen molar-refractivity contribution in [3.8, 4) is 0 Å². The fraction of sp³-hybridized carbons (Fsp3) is 0.182. The molecule has 0 fully saturated rings. The second-order valence-electron chi connectivity index (χ2n) is 3.37. The molecule has 0 saturated carbocycles. The van der Waals surface area contributed by atoms with Crippen LogP contribution in [0.15, 0.2) is 30.5 Å². The van der Waals surface area contributed by atoms with E-state index in [4.69, 9.17) is 11.6 Å². The Morgan fingerprint density at radius 1 is 1.40 bits per heavy atom. The van der Waals surface area contributed by atoms with Gasteiger partial charge in [-0.1, -0.05) is 11.6 Å². The van der Waals surface area contributed by atoms with Crippen molar-refractivity contribution in [3.63, 3.8) is 0 Å². The van der Waals surface area contributed by atoms with Crippen LogP contribution in [-0.4, -0.2) is 9.78 Å². The number of benzene rings is 1. The van der Waals surface area contributed by atoms with E-state index in [0.717, 1.165) is 17.3 Å². The van der Waals surface area contributed by atoms with Crippen LogP contribution in [0.1, 0.15) is 11.3 Å². The molecule has 15 heavy (non-hydrogen) atoms. The number of halogens is 2. The molecule has 1 aromatic heterocycles. The zero-order chi connectivity index (χ0) is 10.8. The molecule has 2 nitrogen and oxygen atoms in total. The molecule has 0 saturated heterocycles. The summed E-state index contributed by atoms with van der Waals surface area (Å²) < 4.78 is 3.18. The van der Waals surface area contributed by atoms with E-state index in [1.54, 1.807) is 0 Å². The molecule has 0 N–H and O–H groups in total. The summed E-state index contributed by atoms with van der Waals surface area (Å²) in [6, 6.07) is 7.92. The molecule has 2 rings (SSSR count). The van der Waals surface area contributed by atoms with Crippen LogP contribution in [0.2, 0.25) is 5.02 Å². The number of hydrogen-bond acceptors (Lipinski definition) is 1. The third kappa shape index (κ3) is 2.52. The molecule has 4 heteroatoms. The summed E-state index contributed by atoms with van der Waals surface area (Å²) in [4.78, 5) is 0. The Labute approximate surface area is 107 Å². The number of hydrogen-bond donors (Lipinski definition) is 0. The average molecular weight is 333 g/mol. The normalized spacial score (nSPS) is 10.6. The Morgan fingerprint density at radius 2 is 2.20 bits per heavy atom. The molecule has 2 aromatic rings. The number of aryl methyl sites for hydroxylation is 1. The highest BCUT2D eigenvalue weighted by molar-refractivity contribution is 14.1. The lowest BCUT2D eigenvalue weighted by Gasteiger charge is -2.07. The molecular weight excluding hydrogens is 322 g/mol. The molecule has 78 valence electrons. The van der Waals surface area contributed by atoms with Crippen LogP contribution in [0.5, 0.6) is 0 Å². The minimum atomic E-state index is 0.773. The van der Waals surface area contributed by atoms with Crippen molar-refractivity contribution in [2.75, 3.05) is 0 Å². The maximum absolute atomic E-state index is 5.96. The van der Waals surface area contributed by atoms with Gasteiger partial charge in [-0.05, 0) is 59.3 Å². The van der Waals surface area contributed by atoms with E-state index in [0.29, 0.717) is 0 Å². The lowest BCUT2D eigenvalue weighted by atomic mass is 10.2. The topological polar surface area (TPSA) is 17.8 Å². The smallest absolute Gasteiger partial charge is 0.0673 e. The Kier molecular flexibility index (Phi) is 3.31. The zero-order valence-electron chi connectivity index (χ0n) is 8.24. The molecule has 0 unspecified atom stereocenters. The summed E-state index contributed by atoms with van der Waals surface area (Å²) in [6.45, 7) is 2.82. The lowest BCUT2D eigenvalue weighted by molar-refractivity contribution is 0.663. The van der Waals surface area contributed by atoms with Crippen LogP contribution in [0.3, 0.4) is 0 Å². The molecule has 0 bridgehead atoms. The third-order valence-corrected chi connectivity index (χ3v) is 3.54. The van der Waals surface area contributed by atoms with Gasteiger partial charge in [0.1, 0.15) is 0 Å². The maximum atomic E-state index is 5.96. The Bertz CT molecular complexity index is 479. The van der Waals surface area contributed by atoms with Crippen molar-refractivity contribution in [1.29, 1.82) is 0 Å². The van der Waals surface area contributed by atoms with E-state index >= 15 is 0 Å². The Hall–Kier alpha value is -0.550. The fourth-order valence-electron chi connectivity index (χ4n) is 1.39. The first kappa shape index (κ1) is 11.0. The van der Waals surface area contributed by atoms with Gasteiger partial charge in [-0.15, -0.1) is 0 Å². The third-order valence-electron chi connectivity index (χ3n) is 2.26. The van der Waals surface area contributed by atoms with Crippen molar-refractivity contribution in [2.24, 2.45) is 0 Å². The van der Waals surface area contributed by atoms with Gasteiger partial charge in [0.2, 0.25) is 0 Å². The van der Waals surface area contributed by atoms with Crippen LogP contribution in [0.4, 0.5) is 0 Å². The van der Waals surface area contributed by atoms with Gasteiger partial charge in [0.25, 0.3) is 0 Å². The van der Waals surface area contributed by atoms with E-state index in [1.807, 2.05) is 42.1 Å². The van der Waals surface area contributed by atoms with Crippen molar-refractivity contribution in [3.05, 3.63) is 50.3 Å². The summed E-state index contributed by atoms with van der Waals surface area (Å²) in [5, 5.41) is 5.03. The summed E-state index contributed by atoms with van der Waals surface area (Å²) in [5.74, 6) is 0. The van der Waals surface area contributed by atoms with Crippen LogP contribution in [0.25, 0.3) is 0 Å². The van der Waals surface area contributed by atoms with Gasteiger partial charge in [-0.3, -0.25) is 4.68 Å². The van der Waals surface area contributed by atoms with Crippen molar-refractivity contribution >= 4 is 34.2 Å². The number of rotatable bonds is 2. The van der Waals surface area contributed by atoms with Gasteiger partial charge in [0, 0.05) is 20.5 Å². The van der Waals surface area contributed by atoms with Gasteiger partial charge < -0.3 is 0 Å². The molecule has 0 aliphatic heterocycles. The lowest BCUT2D eigenvalue weighted by Crippen LogP contribution is -2.04. The average Bonchev–Trinajstić information content (AvgIpc) is 2.58. The first-order valence-electron chi connectivity index (χ1n) is 4.59. The van der Waals surface area contributed by atoms with E-state index in [1.165, 1.54) is 9.13 Å². The Balaban J connectivity index is 2.32. The Morgan fingerprint density at radius 3 is 2.87 bits per heavy atom. The summed E-state index contributed by atoms with van der Waals surface area (Å²) in [5.41, 5.74) is 2.36. The molecule has 0 aliphatic rings. The highest BCUT2D eigenvalue weighted by atomic mass is 127. The van der Waals surface area contributed by atoms with Crippen molar-refractivity contribution in [1.82, 2.24) is 9.78 Å². The summed E-state index contributed by atoms with van der Waals surface area (Å²) in [6.07, 6.45) is 1.81. The molecule has 0 spiro atoms. The van der Waals surface area contributed by atoms with E-state index in [2.05, 4.69) is 27.7 Å². The quantitative estimate of drug-likeness (QED) is 0.770. The van der Waals surface area contributed by atoms with Crippen LogP contribution in [-0.2, 0) is 6.54 Å². The van der Waals surface area contributed by atoms with Gasteiger partial charge in [0.05, 0.1) is 6.54 Å². The van der Waals surface area contributed by atoms with E-state index in [-0.39, 0.29) is 0 Å². The highest BCUT2D eigenvalue weighted by Gasteiger charge is 2.03. The zero-order valence-corrected chi connectivity index (χ0v) is 11.2. The van der Waals surface area contributed by atoms with Crippen molar-refractivity contribution in [2.45, 2.75) is 13.5 Å². The predicted octanol–water partition coefficient (Wildman–Crippen LogP) is 3.50. The first-order chi connectivity index (χ1) is 7.16. The molecule has 0 aliphatic carbocycles. The number of nitrogens with zero attached hydrogens (tertiary/aromatic N) is 2. The van der Waals surface area contributed by atoms with E-state index < -0.39 is 0 Å². The highest BCUT2D eigenvalue weighted by Crippen LogP contribution is 2.19. The first-order valence-corrected chi connectivity index (χ1v) is 6.05. The minimum absolute atomic E-state index is 0.773. The van der Waals surface area contributed by atoms with Gasteiger partial charge in [0.15, 0.2) is 0 Å². The standard InChI is InChI=1S/C11H10ClIN2/c1-8-4-5-14-15(8)7-9-6-10(12)2-3-11(9)13/h2-6H,7H2,1H3. The second kappa shape index (κ2) is 4.53. The van der Waals surface area contributed by atoms with Gasteiger partial charge >= 0.3 is 0 Å². The largest absolute Gasteiger partial charge is 0.265 e. The van der Waals surface area contributed by atoms with Crippen LogP contribution < -0.4 is 0 Å². The van der Waals surface area contributed by atoms with E-state index in [9.17, 15) is 0 Å². The van der Waals surface area contributed by atoms with Gasteiger partial charge in [-0.25, -0.2) is 0 Å². The molecular formula is C11H10ClIN2. The second-order valence-corrected chi connectivity index (χ2v) is 4.96. The van der Waals surface area contributed by atoms with Gasteiger partial charge in [-0.2, -0.15) is 5.10 Å². The summed E-state index contributed by atoms with van der Waals surface area (Å²) >= 11 is 8.28. The monoisotopic (exact) mass is 332 g/mol. The molecule has 0 atom stereocenters. The minimum Gasteiger partial charge on any atom is -0.265 e. The number of aromatic nitrogens is 2. The van der Waals surface area contributed by atoms with Crippen LogP contribution in [0, 0.1) is 10.5 Å². The molecule has 1 aromatic carbocycles. The molecule has 1 heterocycles. The maximum Gasteiger partial charge on any atom is 0.0673 e.